The summed E-state index contributed by atoms with van der Waals surface area (Å²) in [4.78, 5) is 22.2. The fraction of sp³-hybridized carbons (Fsp3) is 0.267. The maximum Gasteiger partial charge on any atom is 0.307 e. The van der Waals surface area contributed by atoms with Crippen LogP contribution in [-0.2, 0) is 19.6 Å². The van der Waals surface area contributed by atoms with Gasteiger partial charge in [-0.2, -0.15) is 10.2 Å². The molecule has 3 aromatic rings. The molecule has 0 atom stereocenters. The van der Waals surface area contributed by atoms with Crippen molar-refractivity contribution in [3.05, 3.63) is 64.1 Å². The summed E-state index contributed by atoms with van der Waals surface area (Å²) in [6.45, 7) is 3.24. The number of rotatable bonds is 7. The largest absolute Gasteiger partial charge is 0.454 e. The van der Waals surface area contributed by atoms with Crippen molar-refractivity contribution in [1.29, 1.82) is 0 Å². The minimum atomic E-state index is -0.523. The molecular formula is C15H16N6O4. The Labute approximate surface area is 142 Å². The van der Waals surface area contributed by atoms with Crippen LogP contribution >= 0.6 is 0 Å². The molecule has 1 N–H and O–H groups in total. The SMILES string of the molecule is CCn1ccc(CNC(=O)c2ccc(Cn3cc([N+](=O)[O-])cn3)o2)n1. The molecule has 1 amide bonds. The highest BCUT2D eigenvalue weighted by Crippen LogP contribution is 2.13. The van der Waals surface area contributed by atoms with Crippen molar-refractivity contribution in [1.82, 2.24) is 24.9 Å². The fourth-order valence-electron chi connectivity index (χ4n) is 2.21. The third-order valence-corrected chi connectivity index (χ3v) is 3.48. The number of aryl methyl sites for hydroxylation is 1. The van der Waals surface area contributed by atoms with Gasteiger partial charge in [-0.15, -0.1) is 0 Å². The van der Waals surface area contributed by atoms with E-state index in [-0.39, 0.29) is 23.9 Å². The molecule has 0 aromatic carbocycles. The van der Waals surface area contributed by atoms with Gasteiger partial charge in [-0.25, -0.2) is 0 Å². The van der Waals surface area contributed by atoms with E-state index >= 15 is 0 Å². The van der Waals surface area contributed by atoms with E-state index in [0.29, 0.717) is 12.3 Å². The topological polar surface area (TPSA) is 121 Å². The summed E-state index contributed by atoms with van der Waals surface area (Å²) in [5.41, 5.74) is 0.655. The Bertz CT molecular complexity index is 893. The fourth-order valence-corrected chi connectivity index (χ4v) is 2.21. The standard InChI is InChI=1S/C15H16N6O4/c1-2-19-6-5-11(18-19)7-16-15(22)14-4-3-13(25-14)10-20-9-12(8-17-20)21(23)24/h3-6,8-9H,2,7,10H2,1H3,(H,16,22). The first-order chi connectivity index (χ1) is 12.0. The normalized spacial score (nSPS) is 10.8. The number of amides is 1. The van der Waals surface area contributed by atoms with Crippen LogP contribution in [-0.4, -0.2) is 30.4 Å². The monoisotopic (exact) mass is 344 g/mol. The predicted octanol–water partition coefficient (Wildman–Crippen LogP) is 1.58. The molecule has 3 rings (SSSR count). The minimum Gasteiger partial charge on any atom is -0.454 e. The van der Waals surface area contributed by atoms with Crippen LogP contribution in [0.3, 0.4) is 0 Å². The van der Waals surface area contributed by atoms with Gasteiger partial charge < -0.3 is 9.73 Å². The maximum absolute atomic E-state index is 12.1. The van der Waals surface area contributed by atoms with Crippen molar-refractivity contribution >= 4 is 11.6 Å². The number of furan rings is 1. The zero-order valence-corrected chi connectivity index (χ0v) is 13.5. The number of hydrogen-bond acceptors (Lipinski definition) is 6. The van der Waals surface area contributed by atoms with E-state index in [1.54, 1.807) is 16.8 Å². The molecule has 0 aliphatic heterocycles. The Kier molecular flexibility index (Phi) is 4.59. The molecule has 130 valence electrons. The molecule has 10 nitrogen and oxygen atoms in total. The lowest BCUT2D eigenvalue weighted by molar-refractivity contribution is -0.385. The van der Waals surface area contributed by atoms with Crippen LogP contribution in [0.15, 0.2) is 41.2 Å². The molecule has 0 aliphatic carbocycles. The molecule has 0 radical (unpaired) electrons. The van der Waals surface area contributed by atoms with Crippen LogP contribution in [0.5, 0.6) is 0 Å². The Hall–Kier alpha value is -3.43. The van der Waals surface area contributed by atoms with E-state index in [9.17, 15) is 14.9 Å². The van der Waals surface area contributed by atoms with Crippen molar-refractivity contribution in [3.63, 3.8) is 0 Å². The second-order valence-electron chi connectivity index (χ2n) is 5.26. The van der Waals surface area contributed by atoms with Gasteiger partial charge in [0.15, 0.2) is 5.76 Å². The average molecular weight is 344 g/mol. The van der Waals surface area contributed by atoms with Crippen molar-refractivity contribution in [2.45, 2.75) is 26.6 Å². The molecule has 10 heteroatoms. The molecule has 0 fully saturated rings. The molecular weight excluding hydrogens is 328 g/mol. The molecule has 3 aromatic heterocycles. The quantitative estimate of drug-likeness (QED) is 0.513. The first-order valence-corrected chi connectivity index (χ1v) is 7.61. The van der Waals surface area contributed by atoms with E-state index < -0.39 is 4.92 Å². The second kappa shape index (κ2) is 6.99. The summed E-state index contributed by atoms with van der Waals surface area (Å²) in [6, 6.07) is 5.02. The Morgan fingerprint density at radius 3 is 2.88 bits per heavy atom. The summed E-state index contributed by atoms with van der Waals surface area (Å²) >= 11 is 0. The van der Waals surface area contributed by atoms with Crippen molar-refractivity contribution in [2.75, 3.05) is 0 Å². The van der Waals surface area contributed by atoms with Gasteiger partial charge in [0.25, 0.3) is 5.91 Å². The second-order valence-corrected chi connectivity index (χ2v) is 5.26. The summed E-state index contributed by atoms with van der Waals surface area (Å²) < 4.78 is 8.61. The number of carbonyl (C=O) groups is 1. The van der Waals surface area contributed by atoms with E-state index in [1.165, 1.54) is 10.9 Å². The van der Waals surface area contributed by atoms with Gasteiger partial charge in [-0.05, 0) is 25.1 Å². The van der Waals surface area contributed by atoms with Crippen LogP contribution in [0.4, 0.5) is 5.69 Å². The lowest BCUT2D eigenvalue weighted by Crippen LogP contribution is -2.22. The van der Waals surface area contributed by atoms with Gasteiger partial charge in [0.1, 0.15) is 18.2 Å². The van der Waals surface area contributed by atoms with Gasteiger partial charge in [-0.1, -0.05) is 0 Å². The number of hydrogen-bond donors (Lipinski definition) is 1. The molecule has 0 unspecified atom stereocenters. The smallest absolute Gasteiger partial charge is 0.307 e. The highest BCUT2D eigenvalue weighted by molar-refractivity contribution is 5.91. The number of nitrogens with zero attached hydrogens (tertiary/aromatic N) is 5. The maximum atomic E-state index is 12.1. The van der Waals surface area contributed by atoms with Crippen LogP contribution < -0.4 is 5.32 Å². The molecule has 25 heavy (non-hydrogen) atoms. The first-order valence-electron chi connectivity index (χ1n) is 7.61. The summed E-state index contributed by atoms with van der Waals surface area (Å²) in [6.07, 6.45) is 4.30. The Balaban J connectivity index is 1.58. The van der Waals surface area contributed by atoms with E-state index in [2.05, 4.69) is 15.5 Å². The van der Waals surface area contributed by atoms with Gasteiger partial charge in [-0.3, -0.25) is 24.3 Å². The molecule has 3 heterocycles. The number of carbonyl (C=O) groups excluding carboxylic acids is 1. The van der Waals surface area contributed by atoms with Gasteiger partial charge in [0, 0.05) is 12.7 Å². The van der Waals surface area contributed by atoms with E-state index in [1.807, 2.05) is 19.2 Å². The summed E-state index contributed by atoms with van der Waals surface area (Å²) in [5.74, 6) is 0.272. The highest BCUT2D eigenvalue weighted by atomic mass is 16.6. The van der Waals surface area contributed by atoms with Crippen molar-refractivity contribution in [2.24, 2.45) is 0 Å². The van der Waals surface area contributed by atoms with Gasteiger partial charge >= 0.3 is 5.69 Å². The zero-order valence-electron chi connectivity index (χ0n) is 13.5. The lowest BCUT2D eigenvalue weighted by Gasteiger charge is -2.01. The Morgan fingerprint density at radius 2 is 2.20 bits per heavy atom. The van der Waals surface area contributed by atoms with Crippen molar-refractivity contribution in [3.8, 4) is 0 Å². The Morgan fingerprint density at radius 1 is 1.36 bits per heavy atom. The lowest BCUT2D eigenvalue weighted by atomic mass is 10.4. The molecule has 0 spiro atoms. The van der Waals surface area contributed by atoms with Crippen molar-refractivity contribution < 1.29 is 14.1 Å². The number of aromatic nitrogens is 4. The van der Waals surface area contributed by atoms with E-state index in [0.717, 1.165) is 18.4 Å². The third-order valence-electron chi connectivity index (χ3n) is 3.48. The van der Waals surface area contributed by atoms with Crippen LogP contribution in [0, 0.1) is 10.1 Å². The van der Waals surface area contributed by atoms with Gasteiger partial charge in [0.2, 0.25) is 0 Å². The predicted molar refractivity (Wildman–Crippen MR) is 85.8 cm³/mol. The zero-order chi connectivity index (χ0) is 17.8. The molecule has 0 saturated carbocycles. The first kappa shape index (κ1) is 16.4. The van der Waals surface area contributed by atoms with Crippen LogP contribution in [0.2, 0.25) is 0 Å². The molecule has 0 aliphatic rings. The third kappa shape index (κ3) is 3.91. The highest BCUT2D eigenvalue weighted by Gasteiger charge is 2.14. The van der Waals surface area contributed by atoms with Gasteiger partial charge in [0.05, 0.1) is 23.7 Å². The molecule has 0 saturated heterocycles. The molecule has 0 bridgehead atoms. The minimum absolute atomic E-state index is 0.101. The van der Waals surface area contributed by atoms with Crippen LogP contribution in [0.1, 0.15) is 28.9 Å². The summed E-state index contributed by atoms with van der Waals surface area (Å²) in [5, 5.41) is 21.5. The number of nitro groups is 1. The van der Waals surface area contributed by atoms with Crippen LogP contribution in [0.25, 0.3) is 0 Å². The average Bonchev–Trinajstić information content (AvgIpc) is 3.33. The van der Waals surface area contributed by atoms with E-state index in [4.69, 9.17) is 4.42 Å². The summed E-state index contributed by atoms with van der Waals surface area (Å²) in [7, 11) is 0. The number of nitrogens with one attached hydrogen (secondary N) is 1.